The maximum atomic E-state index is 13.2. The lowest BCUT2D eigenvalue weighted by atomic mass is 9.99. The second-order valence-electron chi connectivity index (χ2n) is 10.2. The molecule has 2 fully saturated rings. The van der Waals surface area contributed by atoms with Crippen LogP contribution < -0.4 is 14.9 Å². The number of aromatic hydroxyl groups is 3. The van der Waals surface area contributed by atoms with Crippen LogP contribution in [-0.4, -0.2) is 131 Å². The largest absolute Gasteiger partial charge is 0.504 e. The van der Waals surface area contributed by atoms with E-state index in [2.05, 4.69) is 0 Å². The zero-order chi connectivity index (χ0) is 32.0. The molecule has 2 saturated heterocycles. The molecule has 0 spiro atoms. The van der Waals surface area contributed by atoms with E-state index in [0.29, 0.717) is 0 Å². The molecule has 0 radical (unpaired) electrons. The van der Waals surface area contributed by atoms with Gasteiger partial charge in [0.2, 0.25) is 18.3 Å². The summed E-state index contributed by atoms with van der Waals surface area (Å²) in [7, 11) is 0. The monoisotopic (exact) mass is 626 g/mol. The molecule has 11 N–H and O–H groups in total. The predicted molar refractivity (Wildman–Crippen MR) is 142 cm³/mol. The van der Waals surface area contributed by atoms with E-state index in [1.54, 1.807) is 0 Å². The third kappa shape index (κ3) is 5.61. The summed E-state index contributed by atoms with van der Waals surface area (Å²) < 4.78 is 27.7. The van der Waals surface area contributed by atoms with Crippen molar-refractivity contribution >= 4 is 11.0 Å². The summed E-state index contributed by atoms with van der Waals surface area (Å²) >= 11 is 0. The number of hydrogen-bond donors (Lipinski definition) is 11. The number of phenolic OH excluding ortho intramolecular Hbond substituents is 3. The lowest BCUT2D eigenvalue weighted by Crippen LogP contribution is -2.60. The second-order valence-corrected chi connectivity index (χ2v) is 10.2. The quantitative estimate of drug-likeness (QED) is 0.116. The highest BCUT2D eigenvalue weighted by Gasteiger charge is 2.47. The highest BCUT2D eigenvalue weighted by atomic mass is 16.7. The van der Waals surface area contributed by atoms with Gasteiger partial charge in [0, 0.05) is 17.7 Å². The second kappa shape index (κ2) is 12.3. The number of fused-ring (bicyclic) bond motifs is 1. The molecule has 240 valence electrons. The molecule has 10 unspecified atom stereocenters. The fourth-order valence-electron chi connectivity index (χ4n) is 4.85. The molecule has 0 amide bonds. The van der Waals surface area contributed by atoms with Gasteiger partial charge in [0.1, 0.15) is 65.6 Å². The van der Waals surface area contributed by atoms with Crippen LogP contribution in [0.15, 0.2) is 39.5 Å². The van der Waals surface area contributed by atoms with Crippen molar-refractivity contribution in [2.75, 3.05) is 13.2 Å². The van der Waals surface area contributed by atoms with Crippen molar-refractivity contribution in [1.29, 1.82) is 0 Å². The SMILES string of the molecule is O=c1cc(-c2ccc(O)c(O)c2)oc2cc(OC3OC(CO)C(O)C(O)C3O)c(OC3OC(CO)C(O)C(O)C3O)c(O)c12. The number of aliphatic hydroxyl groups excluding tert-OH is 8. The van der Waals surface area contributed by atoms with Crippen LogP contribution in [0, 0.1) is 0 Å². The lowest BCUT2D eigenvalue weighted by molar-refractivity contribution is -0.282. The molecule has 3 heterocycles. The Morgan fingerprint density at radius 2 is 1.25 bits per heavy atom. The minimum atomic E-state index is -1.97. The molecule has 2 aliphatic rings. The topological polar surface area (TPSA) is 290 Å². The van der Waals surface area contributed by atoms with Crippen LogP contribution in [-0.2, 0) is 9.47 Å². The van der Waals surface area contributed by atoms with Crippen molar-refractivity contribution in [2.45, 2.75) is 61.4 Å². The van der Waals surface area contributed by atoms with Crippen molar-refractivity contribution in [2.24, 2.45) is 0 Å². The molecule has 10 atom stereocenters. The Kier molecular flexibility index (Phi) is 8.87. The first-order chi connectivity index (χ1) is 20.9. The summed E-state index contributed by atoms with van der Waals surface area (Å²) in [6, 6.07) is 5.49. The van der Waals surface area contributed by atoms with Crippen molar-refractivity contribution in [3.05, 3.63) is 40.6 Å². The maximum Gasteiger partial charge on any atom is 0.229 e. The number of aliphatic hydroxyl groups is 8. The van der Waals surface area contributed by atoms with Crippen molar-refractivity contribution in [3.63, 3.8) is 0 Å². The molecule has 2 aliphatic heterocycles. The summed E-state index contributed by atoms with van der Waals surface area (Å²) in [5.41, 5.74) is -1.08. The Labute approximate surface area is 246 Å². The van der Waals surface area contributed by atoms with Crippen LogP contribution in [0.5, 0.6) is 28.7 Å². The van der Waals surface area contributed by atoms with Gasteiger partial charge in [0.05, 0.1) is 13.2 Å². The first-order valence-corrected chi connectivity index (χ1v) is 13.2. The average Bonchev–Trinajstić information content (AvgIpc) is 3.00. The Morgan fingerprint density at radius 3 is 1.80 bits per heavy atom. The van der Waals surface area contributed by atoms with Crippen LogP contribution in [0.3, 0.4) is 0 Å². The van der Waals surface area contributed by atoms with Gasteiger partial charge in [-0.05, 0) is 18.2 Å². The van der Waals surface area contributed by atoms with E-state index in [-0.39, 0.29) is 16.9 Å². The van der Waals surface area contributed by atoms with Crippen LogP contribution in [0.4, 0.5) is 0 Å². The molecule has 0 bridgehead atoms. The Balaban J connectivity index is 1.63. The fourth-order valence-corrected chi connectivity index (χ4v) is 4.85. The van der Waals surface area contributed by atoms with E-state index < -0.39 is 114 Å². The predicted octanol–water partition coefficient (Wildman–Crippen LogP) is -3.07. The summed E-state index contributed by atoms with van der Waals surface area (Å²) in [6.07, 6.45) is -17.7. The zero-order valence-corrected chi connectivity index (χ0v) is 22.4. The maximum absolute atomic E-state index is 13.2. The average molecular weight is 627 g/mol. The standard InChI is InChI=1S/C27H30O17/c28-6-15-18(33)21(36)23(38)26(42-15)41-14-5-13-17(11(32)4-12(40-13)8-1-2-9(30)10(31)3-8)20(35)25(14)44-27-24(39)22(37)19(34)16(7-29)43-27/h1-5,15-16,18-19,21-24,26-31,33-39H,6-7H2. The lowest BCUT2D eigenvalue weighted by Gasteiger charge is -2.41. The van der Waals surface area contributed by atoms with E-state index in [1.807, 2.05) is 0 Å². The molecule has 2 aromatic carbocycles. The Bertz CT molecular complexity index is 1550. The number of benzene rings is 2. The minimum Gasteiger partial charge on any atom is -0.504 e. The molecule has 1 aromatic heterocycles. The summed E-state index contributed by atoms with van der Waals surface area (Å²) in [5, 5.41) is 111. The van der Waals surface area contributed by atoms with E-state index in [0.717, 1.165) is 24.3 Å². The fraction of sp³-hybridized carbons (Fsp3) is 0.444. The molecule has 17 nitrogen and oxygen atoms in total. The summed E-state index contributed by atoms with van der Waals surface area (Å²) in [4.78, 5) is 13.2. The van der Waals surface area contributed by atoms with E-state index in [9.17, 15) is 61.0 Å². The first kappa shape index (κ1) is 31.7. The van der Waals surface area contributed by atoms with Crippen LogP contribution >= 0.6 is 0 Å². The van der Waals surface area contributed by atoms with Crippen molar-refractivity contribution in [1.82, 2.24) is 0 Å². The number of hydrogen-bond acceptors (Lipinski definition) is 17. The summed E-state index contributed by atoms with van der Waals surface area (Å²) in [6.45, 7) is -1.62. The van der Waals surface area contributed by atoms with E-state index in [4.69, 9.17) is 23.4 Å². The van der Waals surface area contributed by atoms with Crippen molar-refractivity contribution < 1.29 is 79.5 Å². The zero-order valence-electron chi connectivity index (χ0n) is 22.4. The Morgan fingerprint density at radius 1 is 0.682 bits per heavy atom. The first-order valence-electron chi connectivity index (χ1n) is 13.2. The molecule has 0 saturated carbocycles. The van der Waals surface area contributed by atoms with Crippen LogP contribution in [0.25, 0.3) is 22.3 Å². The molecule has 5 rings (SSSR count). The van der Waals surface area contributed by atoms with Gasteiger partial charge in [0.25, 0.3) is 0 Å². The molecule has 17 heteroatoms. The third-order valence-corrected chi connectivity index (χ3v) is 7.35. The van der Waals surface area contributed by atoms with Gasteiger partial charge in [-0.3, -0.25) is 4.79 Å². The highest BCUT2D eigenvalue weighted by Crippen LogP contribution is 2.45. The van der Waals surface area contributed by atoms with Gasteiger partial charge >= 0.3 is 0 Å². The van der Waals surface area contributed by atoms with Gasteiger partial charge in [-0.25, -0.2) is 0 Å². The summed E-state index contributed by atoms with van der Waals surface area (Å²) in [5.74, 6) is -3.40. The van der Waals surface area contributed by atoms with Crippen LogP contribution in [0.1, 0.15) is 0 Å². The van der Waals surface area contributed by atoms with Gasteiger partial charge in [-0.1, -0.05) is 0 Å². The normalized spacial score (nSPS) is 32.5. The number of ether oxygens (including phenoxy) is 4. The molecule has 3 aromatic rings. The molecular weight excluding hydrogens is 596 g/mol. The Hall–Kier alpha value is -3.75. The van der Waals surface area contributed by atoms with Crippen LogP contribution in [0.2, 0.25) is 0 Å². The number of phenols is 3. The van der Waals surface area contributed by atoms with Crippen molar-refractivity contribution in [3.8, 4) is 40.1 Å². The third-order valence-electron chi connectivity index (χ3n) is 7.35. The van der Waals surface area contributed by atoms with Gasteiger partial charge < -0.3 is 79.5 Å². The minimum absolute atomic E-state index is 0.136. The van der Waals surface area contributed by atoms with E-state index in [1.165, 1.54) is 6.07 Å². The smallest absolute Gasteiger partial charge is 0.229 e. The molecule has 0 aliphatic carbocycles. The highest BCUT2D eigenvalue weighted by molar-refractivity contribution is 5.89. The van der Waals surface area contributed by atoms with Gasteiger partial charge in [-0.2, -0.15) is 0 Å². The number of rotatable bonds is 7. The van der Waals surface area contributed by atoms with Gasteiger partial charge in [-0.15, -0.1) is 0 Å². The molecular formula is C27H30O17. The molecule has 44 heavy (non-hydrogen) atoms. The van der Waals surface area contributed by atoms with E-state index >= 15 is 0 Å². The van der Waals surface area contributed by atoms with Gasteiger partial charge in [0.15, 0.2) is 28.4 Å².